The van der Waals surface area contributed by atoms with Gasteiger partial charge in [-0.15, -0.1) is 0 Å². The summed E-state index contributed by atoms with van der Waals surface area (Å²) in [5, 5.41) is 0. The molecule has 0 aromatic carbocycles. The third kappa shape index (κ3) is 3.94. The fraction of sp³-hybridized carbons (Fsp3) is 0.818. The Labute approximate surface area is 147 Å². The summed E-state index contributed by atoms with van der Waals surface area (Å²) in [5.74, 6) is 1.01. The number of hydrogen-bond acceptors (Lipinski definition) is 0. The highest BCUT2D eigenvalue weighted by Crippen LogP contribution is 2.62. The lowest BCUT2D eigenvalue weighted by Crippen LogP contribution is -2.40. The third-order valence-electron chi connectivity index (χ3n) is 7.03. The highest BCUT2D eigenvalue weighted by molar-refractivity contribution is 5.25. The Hall–Kier alpha value is -0.660. The molecule has 138 valence electrons. The Morgan fingerprint density at radius 3 is 2.50 bits per heavy atom. The quantitative estimate of drug-likeness (QED) is 0.469. The van der Waals surface area contributed by atoms with Gasteiger partial charge in [0.2, 0.25) is 6.43 Å². The third-order valence-corrected chi connectivity index (χ3v) is 7.03. The van der Waals surface area contributed by atoms with Gasteiger partial charge in [0.25, 0.3) is 0 Å². The van der Waals surface area contributed by atoms with Crippen molar-refractivity contribution in [2.75, 3.05) is 0 Å². The van der Waals surface area contributed by atoms with Crippen LogP contribution in [0, 0.1) is 22.7 Å². The molecule has 0 radical (unpaired) electrons. The maximum Gasteiger partial charge on any atom is 0.239 e. The lowest BCUT2D eigenvalue weighted by atomic mass is 9.57. The molecule has 2 unspecified atom stereocenters. The number of fused-ring (bicyclic) bond motifs is 1. The average Bonchev–Trinajstić information content (AvgIpc) is 2.85. The number of alkyl halides is 2. The van der Waals surface area contributed by atoms with Gasteiger partial charge in [-0.3, -0.25) is 0 Å². The van der Waals surface area contributed by atoms with Crippen LogP contribution < -0.4 is 0 Å². The maximum atomic E-state index is 13.1. The van der Waals surface area contributed by atoms with Gasteiger partial charge in [0, 0.05) is 6.42 Å². The molecule has 0 nitrogen and oxygen atoms in total. The van der Waals surface area contributed by atoms with E-state index < -0.39 is 6.43 Å². The van der Waals surface area contributed by atoms with Crippen molar-refractivity contribution in [3.63, 3.8) is 0 Å². The summed E-state index contributed by atoms with van der Waals surface area (Å²) < 4.78 is 26.2. The molecule has 0 bridgehead atoms. The molecule has 0 saturated heterocycles. The zero-order valence-electron chi connectivity index (χ0n) is 16.3. The lowest BCUT2D eigenvalue weighted by molar-refractivity contribution is -0.00122. The van der Waals surface area contributed by atoms with E-state index in [-0.39, 0.29) is 17.3 Å². The average molecular weight is 339 g/mol. The second kappa shape index (κ2) is 7.70. The zero-order chi connectivity index (χ0) is 18.0. The summed E-state index contributed by atoms with van der Waals surface area (Å²) >= 11 is 0. The van der Waals surface area contributed by atoms with Crippen LogP contribution in [0.5, 0.6) is 0 Å². The summed E-state index contributed by atoms with van der Waals surface area (Å²) in [6.07, 6.45) is 10.7. The molecule has 0 aliphatic heterocycles. The van der Waals surface area contributed by atoms with E-state index in [0.717, 1.165) is 19.3 Å². The number of halogens is 2. The van der Waals surface area contributed by atoms with Crippen molar-refractivity contribution >= 4 is 0 Å². The van der Waals surface area contributed by atoms with E-state index in [2.05, 4.69) is 46.8 Å². The first-order valence-corrected chi connectivity index (χ1v) is 9.91. The second-order valence-corrected chi connectivity index (χ2v) is 8.90. The number of hydrogen-bond donors (Lipinski definition) is 0. The van der Waals surface area contributed by atoms with Crippen LogP contribution in [0.4, 0.5) is 8.78 Å². The van der Waals surface area contributed by atoms with E-state index in [1.54, 1.807) is 5.57 Å². The largest absolute Gasteiger partial charge is 0.239 e. The zero-order valence-corrected chi connectivity index (χ0v) is 16.3. The Bertz CT molecular complexity index is 480. The predicted octanol–water partition coefficient (Wildman–Crippen LogP) is 7.56. The van der Waals surface area contributed by atoms with E-state index in [0.29, 0.717) is 11.8 Å². The van der Waals surface area contributed by atoms with E-state index in [4.69, 9.17) is 0 Å². The minimum absolute atomic E-state index is 0.0365. The lowest BCUT2D eigenvalue weighted by Gasteiger charge is -2.48. The summed E-state index contributed by atoms with van der Waals surface area (Å²) in [6.45, 7) is 11.0. The Morgan fingerprint density at radius 1 is 1.25 bits per heavy atom. The van der Waals surface area contributed by atoms with Gasteiger partial charge in [-0.2, -0.15) is 0 Å². The van der Waals surface area contributed by atoms with Gasteiger partial charge in [-0.1, -0.05) is 57.9 Å². The highest BCUT2D eigenvalue weighted by atomic mass is 19.3. The van der Waals surface area contributed by atoms with Crippen LogP contribution in [0.3, 0.4) is 0 Å². The molecule has 0 N–H and O–H groups in total. The van der Waals surface area contributed by atoms with Crippen LogP contribution >= 0.6 is 0 Å². The van der Waals surface area contributed by atoms with E-state index in [1.807, 2.05) is 0 Å². The number of allylic oxidation sites excluding steroid dienone is 4. The first-order chi connectivity index (χ1) is 11.2. The van der Waals surface area contributed by atoms with Crippen LogP contribution in [0.15, 0.2) is 23.3 Å². The monoisotopic (exact) mass is 338 g/mol. The van der Waals surface area contributed by atoms with Gasteiger partial charge in [-0.25, -0.2) is 8.78 Å². The summed E-state index contributed by atoms with van der Waals surface area (Å²) in [5.41, 5.74) is 3.02. The molecule has 0 amide bonds. The molecule has 0 heterocycles. The SMILES string of the molecule is CCC(=C/C=C1\CCCC2(C)C1CC[C@@H]2C(C)(C)CC(F)F)CC. The van der Waals surface area contributed by atoms with Crippen molar-refractivity contribution in [3.8, 4) is 0 Å². The standard InChI is InChI=1S/C22H36F2/c1-6-16(7-2)10-11-17-9-8-14-22(5)18(17)12-13-19(22)21(3,4)15-20(23)24/h10-11,18-20H,6-9,12-15H2,1-5H3/b17-11+/t18?,19-,22?/m1/s1. The minimum Gasteiger partial charge on any atom is -0.211 e. The summed E-state index contributed by atoms with van der Waals surface area (Å²) in [7, 11) is 0. The van der Waals surface area contributed by atoms with E-state index in [1.165, 1.54) is 31.3 Å². The minimum atomic E-state index is -2.19. The van der Waals surface area contributed by atoms with Crippen LogP contribution in [0.25, 0.3) is 0 Å². The Balaban J connectivity index is 2.25. The van der Waals surface area contributed by atoms with Gasteiger partial charge in [-0.05, 0) is 67.6 Å². The molecule has 2 fully saturated rings. The normalized spacial score (nSPS) is 32.2. The van der Waals surface area contributed by atoms with Crippen LogP contribution in [-0.4, -0.2) is 6.43 Å². The summed E-state index contributed by atoms with van der Waals surface area (Å²) in [4.78, 5) is 0. The molecule has 0 spiro atoms. The van der Waals surface area contributed by atoms with Gasteiger partial charge < -0.3 is 0 Å². The molecule has 2 rings (SSSR count). The van der Waals surface area contributed by atoms with Gasteiger partial charge in [0.05, 0.1) is 0 Å². The fourth-order valence-corrected chi connectivity index (χ4v) is 5.77. The molecular formula is C22H36F2. The number of rotatable bonds is 6. The van der Waals surface area contributed by atoms with Crippen molar-refractivity contribution in [3.05, 3.63) is 23.3 Å². The molecule has 24 heavy (non-hydrogen) atoms. The van der Waals surface area contributed by atoms with Crippen molar-refractivity contribution in [1.82, 2.24) is 0 Å². The Morgan fingerprint density at radius 2 is 1.92 bits per heavy atom. The van der Waals surface area contributed by atoms with Crippen LogP contribution in [0.2, 0.25) is 0 Å². The molecule has 3 atom stereocenters. The van der Waals surface area contributed by atoms with Crippen LogP contribution in [0.1, 0.15) is 86.0 Å². The predicted molar refractivity (Wildman–Crippen MR) is 99.3 cm³/mol. The summed E-state index contributed by atoms with van der Waals surface area (Å²) in [6, 6.07) is 0. The van der Waals surface area contributed by atoms with Gasteiger partial charge in [0.1, 0.15) is 0 Å². The van der Waals surface area contributed by atoms with Crippen molar-refractivity contribution in [1.29, 1.82) is 0 Å². The molecule has 0 aromatic heterocycles. The maximum absolute atomic E-state index is 13.1. The molecule has 2 saturated carbocycles. The topological polar surface area (TPSA) is 0 Å². The second-order valence-electron chi connectivity index (χ2n) is 8.90. The molecular weight excluding hydrogens is 302 g/mol. The molecule has 2 aliphatic rings. The van der Waals surface area contributed by atoms with E-state index >= 15 is 0 Å². The van der Waals surface area contributed by atoms with Gasteiger partial charge >= 0.3 is 0 Å². The molecule has 2 aliphatic carbocycles. The fourth-order valence-electron chi connectivity index (χ4n) is 5.77. The van der Waals surface area contributed by atoms with Crippen molar-refractivity contribution < 1.29 is 8.78 Å². The van der Waals surface area contributed by atoms with Crippen molar-refractivity contribution in [2.24, 2.45) is 22.7 Å². The van der Waals surface area contributed by atoms with E-state index in [9.17, 15) is 8.78 Å². The molecule has 0 aromatic rings. The smallest absolute Gasteiger partial charge is 0.211 e. The van der Waals surface area contributed by atoms with Crippen LogP contribution in [-0.2, 0) is 0 Å². The first-order valence-electron chi connectivity index (χ1n) is 9.91. The highest BCUT2D eigenvalue weighted by Gasteiger charge is 2.54. The first kappa shape index (κ1) is 19.7. The molecule has 2 heteroatoms. The van der Waals surface area contributed by atoms with Gasteiger partial charge in [0.15, 0.2) is 0 Å². The van der Waals surface area contributed by atoms with Crippen molar-refractivity contribution in [2.45, 2.75) is 92.4 Å². The Kier molecular flexibility index (Phi) is 6.31.